The minimum atomic E-state index is -0.474. The monoisotopic (exact) mass is 239 g/mol. The highest BCUT2D eigenvalue weighted by molar-refractivity contribution is 8.00. The Labute approximate surface area is 95.6 Å². The number of rotatable bonds is 3. The fraction of sp³-hybridized carbons (Fsp3) is 0.222. The van der Waals surface area contributed by atoms with Crippen molar-refractivity contribution in [3.05, 3.63) is 30.2 Å². The summed E-state index contributed by atoms with van der Waals surface area (Å²) in [7, 11) is 0. The lowest BCUT2D eigenvalue weighted by Gasteiger charge is -2.03. The maximum absolute atomic E-state index is 9.30. The zero-order valence-electron chi connectivity index (χ0n) is 7.99. The third-order valence-corrected chi connectivity index (χ3v) is 3.44. The lowest BCUT2D eigenvalue weighted by molar-refractivity contribution is 0.198. The van der Waals surface area contributed by atoms with E-state index in [0.717, 1.165) is 14.9 Å². The molecule has 0 aliphatic carbocycles. The normalized spacial score (nSPS) is 12.7. The molecule has 0 aromatic carbocycles. The highest BCUT2D eigenvalue weighted by atomic mass is 32.2. The van der Waals surface area contributed by atoms with Crippen molar-refractivity contribution >= 4 is 23.3 Å². The van der Waals surface area contributed by atoms with Gasteiger partial charge in [0, 0.05) is 6.20 Å². The second-order valence-electron chi connectivity index (χ2n) is 2.91. The predicted molar refractivity (Wildman–Crippen MR) is 58.9 cm³/mol. The van der Waals surface area contributed by atoms with Crippen LogP contribution in [0.2, 0.25) is 0 Å². The zero-order valence-corrected chi connectivity index (χ0v) is 9.63. The summed E-state index contributed by atoms with van der Waals surface area (Å²) >= 11 is 2.81. The molecule has 0 amide bonds. The minimum Gasteiger partial charge on any atom is -0.389 e. The lowest BCUT2D eigenvalue weighted by atomic mass is 10.2. The molecule has 0 unspecified atom stereocenters. The van der Waals surface area contributed by atoms with Crippen LogP contribution in [0.15, 0.2) is 34.0 Å². The standard InChI is InChI=1S/C9H9N3OS2/c1-6(13)7-2-3-8(10-4-7)14-9-11-5-12-15-9/h2-6,13H,1H3/t6-/m0/s1. The molecule has 0 aliphatic heterocycles. The van der Waals surface area contributed by atoms with E-state index in [1.54, 1.807) is 13.1 Å². The Hall–Kier alpha value is -0.980. The summed E-state index contributed by atoms with van der Waals surface area (Å²) in [6.07, 6.45) is 2.73. The van der Waals surface area contributed by atoms with E-state index >= 15 is 0 Å². The molecule has 0 saturated heterocycles. The second kappa shape index (κ2) is 4.69. The largest absolute Gasteiger partial charge is 0.389 e. The van der Waals surface area contributed by atoms with Crippen LogP contribution in [0.3, 0.4) is 0 Å². The van der Waals surface area contributed by atoms with Gasteiger partial charge >= 0.3 is 0 Å². The first-order valence-corrected chi connectivity index (χ1v) is 5.93. The SMILES string of the molecule is C[C@H](O)c1ccc(Sc2ncns2)nc1. The molecule has 6 heteroatoms. The molecule has 2 heterocycles. The molecule has 0 fully saturated rings. The van der Waals surface area contributed by atoms with Gasteiger partial charge in [-0.2, -0.15) is 4.37 Å². The number of aliphatic hydroxyl groups is 1. The molecule has 1 N–H and O–H groups in total. The fourth-order valence-corrected chi connectivity index (χ4v) is 2.33. The topological polar surface area (TPSA) is 58.9 Å². The van der Waals surface area contributed by atoms with E-state index in [1.807, 2.05) is 12.1 Å². The van der Waals surface area contributed by atoms with E-state index in [-0.39, 0.29) is 0 Å². The van der Waals surface area contributed by atoms with E-state index in [1.165, 1.54) is 29.6 Å². The summed E-state index contributed by atoms with van der Waals surface area (Å²) < 4.78 is 4.77. The van der Waals surface area contributed by atoms with E-state index in [0.29, 0.717) is 0 Å². The van der Waals surface area contributed by atoms with Crippen molar-refractivity contribution < 1.29 is 5.11 Å². The molecule has 2 aromatic heterocycles. The fourth-order valence-electron chi connectivity index (χ4n) is 0.997. The summed E-state index contributed by atoms with van der Waals surface area (Å²) in [5.74, 6) is 0. The third kappa shape index (κ3) is 2.74. The highest BCUT2D eigenvalue weighted by Gasteiger charge is 2.04. The minimum absolute atomic E-state index is 0.474. The van der Waals surface area contributed by atoms with Gasteiger partial charge in [-0.3, -0.25) is 0 Å². The summed E-state index contributed by atoms with van der Waals surface area (Å²) in [5.41, 5.74) is 0.816. The molecule has 0 saturated carbocycles. The lowest BCUT2D eigenvalue weighted by Crippen LogP contribution is -1.91. The number of aromatic nitrogens is 3. The Morgan fingerprint density at radius 2 is 2.27 bits per heavy atom. The van der Waals surface area contributed by atoms with Gasteiger partial charge in [0.25, 0.3) is 0 Å². The molecule has 2 aromatic rings. The maximum Gasteiger partial charge on any atom is 0.175 e. The van der Waals surface area contributed by atoms with E-state index in [9.17, 15) is 5.11 Å². The second-order valence-corrected chi connectivity index (χ2v) is 4.96. The Morgan fingerprint density at radius 3 is 2.80 bits per heavy atom. The van der Waals surface area contributed by atoms with Crippen LogP contribution in [0.5, 0.6) is 0 Å². The van der Waals surface area contributed by atoms with Crippen molar-refractivity contribution in [2.75, 3.05) is 0 Å². The number of aliphatic hydroxyl groups excluding tert-OH is 1. The van der Waals surface area contributed by atoms with Gasteiger partial charge in [0.2, 0.25) is 0 Å². The molecular weight excluding hydrogens is 230 g/mol. The van der Waals surface area contributed by atoms with Crippen LogP contribution in [0.25, 0.3) is 0 Å². The average Bonchev–Trinajstić information content (AvgIpc) is 2.71. The van der Waals surface area contributed by atoms with Crippen LogP contribution in [-0.2, 0) is 0 Å². The zero-order chi connectivity index (χ0) is 10.7. The van der Waals surface area contributed by atoms with Gasteiger partial charge in [-0.05, 0) is 41.8 Å². The molecule has 0 radical (unpaired) electrons. The van der Waals surface area contributed by atoms with Crippen molar-refractivity contribution in [1.29, 1.82) is 0 Å². The number of hydrogen-bond donors (Lipinski definition) is 1. The number of pyridine rings is 1. The first kappa shape index (κ1) is 10.5. The van der Waals surface area contributed by atoms with Crippen LogP contribution in [-0.4, -0.2) is 19.4 Å². The Balaban J connectivity index is 2.11. The van der Waals surface area contributed by atoms with Crippen LogP contribution in [0.1, 0.15) is 18.6 Å². The summed E-state index contributed by atoms with van der Waals surface area (Å²) in [4.78, 5) is 8.27. The van der Waals surface area contributed by atoms with E-state index in [2.05, 4.69) is 14.3 Å². The van der Waals surface area contributed by atoms with Crippen LogP contribution < -0.4 is 0 Å². The van der Waals surface area contributed by atoms with Crippen molar-refractivity contribution in [2.45, 2.75) is 22.4 Å². The smallest absolute Gasteiger partial charge is 0.175 e. The van der Waals surface area contributed by atoms with Crippen molar-refractivity contribution in [3.8, 4) is 0 Å². The Kier molecular flexibility index (Phi) is 3.30. The predicted octanol–water partition coefficient (Wildman–Crippen LogP) is 2.14. The van der Waals surface area contributed by atoms with Crippen molar-refractivity contribution in [1.82, 2.24) is 14.3 Å². The van der Waals surface area contributed by atoms with Gasteiger partial charge in [-0.25, -0.2) is 9.97 Å². The molecule has 2 rings (SSSR count). The molecule has 4 nitrogen and oxygen atoms in total. The van der Waals surface area contributed by atoms with Gasteiger partial charge in [-0.15, -0.1) is 0 Å². The Morgan fingerprint density at radius 1 is 1.40 bits per heavy atom. The number of nitrogens with zero attached hydrogens (tertiary/aromatic N) is 3. The van der Waals surface area contributed by atoms with E-state index < -0.39 is 6.10 Å². The van der Waals surface area contributed by atoms with Crippen LogP contribution in [0.4, 0.5) is 0 Å². The molecule has 0 spiro atoms. The summed E-state index contributed by atoms with van der Waals surface area (Å²) in [6, 6.07) is 3.73. The Bertz CT molecular complexity index is 413. The first-order valence-electron chi connectivity index (χ1n) is 4.34. The number of hydrogen-bond acceptors (Lipinski definition) is 6. The molecule has 15 heavy (non-hydrogen) atoms. The maximum atomic E-state index is 9.30. The average molecular weight is 239 g/mol. The molecule has 78 valence electrons. The molecule has 0 aliphatic rings. The first-order chi connectivity index (χ1) is 7.25. The van der Waals surface area contributed by atoms with Gasteiger partial charge < -0.3 is 5.11 Å². The van der Waals surface area contributed by atoms with Gasteiger partial charge in [0.15, 0.2) is 4.34 Å². The van der Waals surface area contributed by atoms with E-state index in [4.69, 9.17) is 0 Å². The molecule has 0 bridgehead atoms. The third-order valence-electron chi connectivity index (χ3n) is 1.77. The quantitative estimate of drug-likeness (QED) is 0.889. The van der Waals surface area contributed by atoms with Gasteiger partial charge in [0.1, 0.15) is 11.4 Å². The van der Waals surface area contributed by atoms with Crippen molar-refractivity contribution in [3.63, 3.8) is 0 Å². The van der Waals surface area contributed by atoms with Gasteiger partial charge in [-0.1, -0.05) is 6.07 Å². The van der Waals surface area contributed by atoms with Crippen LogP contribution >= 0.6 is 23.3 Å². The van der Waals surface area contributed by atoms with Crippen molar-refractivity contribution in [2.24, 2.45) is 0 Å². The van der Waals surface area contributed by atoms with Gasteiger partial charge in [0.05, 0.1) is 6.10 Å². The highest BCUT2D eigenvalue weighted by Crippen LogP contribution is 2.26. The molecular formula is C9H9N3OS2. The molecule has 1 atom stereocenters. The van der Waals surface area contributed by atoms with Crippen LogP contribution in [0, 0.1) is 0 Å². The summed E-state index contributed by atoms with van der Waals surface area (Å²) in [6.45, 7) is 1.72. The summed E-state index contributed by atoms with van der Waals surface area (Å²) in [5, 5.41) is 10.2.